The Bertz CT molecular complexity index is 1830. The van der Waals surface area contributed by atoms with Crippen LogP contribution in [0, 0.1) is 0 Å². The van der Waals surface area contributed by atoms with E-state index in [1.807, 2.05) is 30.7 Å². The lowest BCUT2D eigenvalue weighted by Gasteiger charge is -2.36. The van der Waals surface area contributed by atoms with Gasteiger partial charge in [-0.25, -0.2) is 9.97 Å². The van der Waals surface area contributed by atoms with Crippen LogP contribution in [0.4, 0.5) is 0 Å². The zero-order valence-corrected chi connectivity index (χ0v) is 32.8. The molecule has 3 saturated heterocycles. The average molecular weight is 774 g/mol. The highest BCUT2D eigenvalue weighted by Crippen LogP contribution is 2.40. The number of allylic oxidation sites excluding steroid dienone is 2. The molecule has 0 bridgehead atoms. The Morgan fingerprint density at radius 3 is 1.81 bits per heavy atom. The molecule has 52 heavy (non-hydrogen) atoms. The molecule has 10 nitrogen and oxygen atoms in total. The second-order valence-electron chi connectivity index (χ2n) is 15.5. The molecule has 2 N–H and O–H groups in total. The predicted octanol–water partition coefficient (Wildman–Crippen LogP) is 7.59. The fourth-order valence-corrected chi connectivity index (χ4v) is 8.06. The first-order valence-electron chi connectivity index (χ1n) is 19.0. The second-order valence-corrected chi connectivity index (χ2v) is 16.4. The van der Waals surface area contributed by atoms with Gasteiger partial charge in [-0.1, -0.05) is 12.2 Å². The number of hydrogen-bond donors (Lipinski definition) is 2. The smallest absolute Gasteiger partial charge is 0.400 e. The molecule has 3 aliphatic heterocycles. The molecule has 0 aromatic carbocycles. The maximum absolute atomic E-state index is 6.16. The third kappa shape index (κ3) is 8.92. The minimum Gasteiger partial charge on any atom is -0.400 e. The van der Waals surface area contributed by atoms with E-state index >= 15 is 0 Å². The molecule has 2 unspecified atom stereocenters. The van der Waals surface area contributed by atoms with Crippen LogP contribution < -0.4 is 0 Å². The van der Waals surface area contributed by atoms with Gasteiger partial charge in [0.05, 0.1) is 37.6 Å². The van der Waals surface area contributed by atoms with E-state index in [2.05, 4.69) is 97.6 Å². The summed E-state index contributed by atoms with van der Waals surface area (Å²) in [6.07, 6.45) is 19.3. The van der Waals surface area contributed by atoms with Crippen molar-refractivity contribution in [3.8, 4) is 0 Å². The standard InChI is InChI=1S/C17H21N3O.C16H28BNO3.C7H5BrN2/c1-3-16(20-7-9-21-10-8-20)4-2-13(1)15-11-14-5-6-18-17(14)19-12-15;1-15(2)16(3,4)21-17(20-15)13-5-7-14(8-6-13)18-9-11-19-12-10-18;8-6-3-5-1-2-9-7(5)10-4-6/h1,5-6,11-12,16H,2-4,7-10H2,(H,18,19);5,14H,6-12H2,1-4H3;1-4H,(H,9,10). The fraction of sp³-hybridized carbons (Fsp3) is 0.550. The maximum Gasteiger partial charge on any atom is 0.490 e. The molecule has 278 valence electrons. The number of pyridine rings is 2. The largest absolute Gasteiger partial charge is 0.490 e. The summed E-state index contributed by atoms with van der Waals surface area (Å²) >= 11 is 3.34. The Balaban J connectivity index is 0.000000129. The molecule has 2 atom stereocenters. The van der Waals surface area contributed by atoms with Gasteiger partial charge in [-0.2, -0.15) is 0 Å². The molecule has 0 saturated carbocycles. The third-order valence-electron chi connectivity index (χ3n) is 11.6. The first-order valence-corrected chi connectivity index (χ1v) is 19.8. The second kappa shape index (κ2) is 16.7. The van der Waals surface area contributed by atoms with Gasteiger partial charge in [-0.15, -0.1) is 0 Å². The fourth-order valence-electron chi connectivity index (χ4n) is 7.71. The molecule has 3 fully saturated rings. The maximum atomic E-state index is 6.16. The van der Waals surface area contributed by atoms with Gasteiger partial charge in [-0.3, -0.25) is 9.80 Å². The van der Waals surface area contributed by atoms with Gasteiger partial charge in [0.15, 0.2) is 0 Å². The number of nitrogens with one attached hydrogen (secondary N) is 2. The van der Waals surface area contributed by atoms with Crippen molar-refractivity contribution >= 4 is 50.7 Å². The van der Waals surface area contributed by atoms with Gasteiger partial charge >= 0.3 is 7.12 Å². The van der Waals surface area contributed by atoms with Crippen molar-refractivity contribution in [1.82, 2.24) is 29.7 Å². The van der Waals surface area contributed by atoms with Crippen LogP contribution >= 0.6 is 15.9 Å². The minimum absolute atomic E-state index is 0.152. The molecule has 4 aromatic rings. The Morgan fingerprint density at radius 1 is 0.731 bits per heavy atom. The first kappa shape index (κ1) is 37.5. The van der Waals surface area contributed by atoms with Gasteiger partial charge in [0.25, 0.3) is 0 Å². The zero-order chi connectivity index (χ0) is 36.1. The Hall–Kier alpha value is -2.84. The first-order chi connectivity index (χ1) is 25.1. The lowest BCUT2D eigenvalue weighted by molar-refractivity contribution is 0.00578. The van der Waals surface area contributed by atoms with Crippen molar-refractivity contribution in [1.29, 1.82) is 0 Å². The van der Waals surface area contributed by atoms with Gasteiger partial charge in [0, 0.05) is 78.3 Å². The summed E-state index contributed by atoms with van der Waals surface area (Å²) in [5.74, 6) is 0. The summed E-state index contributed by atoms with van der Waals surface area (Å²) in [7, 11) is -0.152. The van der Waals surface area contributed by atoms with E-state index in [0.29, 0.717) is 12.1 Å². The van der Waals surface area contributed by atoms with Gasteiger partial charge in [-0.05, 0) is 123 Å². The predicted molar refractivity (Wildman–Crippen MR) is 212 cm³/mol. The SMILES string of the molecule is Brc1cnc2[nH]ccc2c1.C1=C(c2cnc3[nH]ccc3c2)CCC(N2CCOCC2)C1.CC1(C)OB(C2=CCC(N3CCOCC3)CC2)OC1(C)C. The van der Waals surface area contributed by atoms with Crippen LogP contribution in [0.15, 0.2) is 71.2 Å². The monoisotopic (exact) mass is 772 g/mol. The normalized spacial score (nSPS) is 25.1. The van der Waals surface area contributed by atoms with Crippen molar-refractivity contribution in [2.24, 2.45) is 0 Å². The van der Waals surface area contributed by atoms with Crippen LogP contribution in [-0.4, -0.2) is 113 Å². The molecule has 9 rings (SSSR count). The van der Waals surface area contributed by atoms with Crippen LogP contribution in [0.3, 0.4) is 0 Å². The summed E-state index contributed by atoms with van der Waals surface area (Å²) in [5, 5.41) is 2.33. The Labute approximate surface area is 317 Å². The van der Waals surface area contributed by atoms with Crippen LogP contribution in [0.5, 0.6) is 0 Å². The quantitative estimate of drug-likeness (QED) is 0.205. The molecule has 0 amide bonds. The van der Waals surface area contributed by atoms with Crippen LogP contribution in [0.1, 0.15) is 71.8 Å². The van der Waals surface area contributed by atoms with E-state index in [4.69, 9.17) is 18.8 Å². The highest BCUT2D eigenvalue weighted by molar-refractivity contribution is 9.10. The Kier molecular flexibility index (Phi) is 12.0. The molecular weight excluding hydrogens is 719 g/mol. The summed E-state index contributed by atoms with van der Waals surface area (Å²) in [4.78, 5) is 20.0. The number of fused-ring (bicyclic) bond motifs is 2. The van der Waals surface area contributed by atoms with E-state index in [9.17, 15) is 0 Å². The lowest BCUT2D eigenvalue weighted by atomic mass is 9.71. The molecule has 0 radical (unpaired) electrons. The van der Waals surface area contributed by atoms with E-state index in [-0.39, 0.29) is 18.3 Å². The third-order valence-corrected chi connectivity index (χ3v) is 12.1. The van der Waals surface area contributed by atoms with E-state index in [0.717, 1.165) is 99.4 Å². The highest BCUT2D eigenvalue weighted by atomic mass is 79.9. The van der Waals surface area contributed by atoms with Crippen molar-refractivity contribution in [2.75, 3.05) is 52.6 Å². The molecule has 4 aromatic heterocycles. The lowest BCUT2D eigenvalue weighted by Crippen LogP contribution is -2.44. The summed E-state index contributed by atoms with van der Waals surface area (Å²) in [6, 6.07) is 9.72. The number of hydrogen-bond acceptors (Lipinski definition) is 8. The molecule has 7 heterocycles. The summed E-state index contributed by atoms with van der Waals surface area (Å²) in [6.45, 7) is 16.3. The summed E-state index contributed by atoms with van der Waals surface area (Å²) < 4.78 is 24.2. The number of aromatic amines is 2. The number of morpholine rings is 2. The van der Waals surface area contributed by atoms with Crippen LogP contribution in [0.25, 0.3) is 27.6 Å². The number of ether oxygens (including phenoxy) is 2. The summed E-state index contributed by atoms with van der Waals surface area (Å²) in [5.41, 5.74) is 5.50. The van der Waals surface area contributed by atoms with Crippen LogP contribution in [-0.2, 0) is 18.8 Å². The number of aromatic nitrogens is 4. The van der Waals surface area contributed by atoms with Gasteiger partial charge in [0.1, 0.15) is 11.3 Å². The Morgan fingerprint density at radius 2 is 1.27 bits per heavy atom. The van der Waals surface area contributed by atoms with Gasteiger partial charge in [0.2, 0.25) is 0 Å². The van der Waals surface area contributed by atoms with Crippen molar-refractivity contribution < 1.29 is 18.8 Å². The number of rotatable bonds is 4. The number of H-pyrrole nitrogens is 2. The molecular formula is C40H54BBrN6O4. The topological polar surface area (TPSA) is 101 Å². The average Bonchev–Trinajstić information content (AvgIpc) is 3.90. The number of nitrogens with zero attached hydrogens (tertiary/aromatic N) is 4. The van der Waals surface area contributed by atoms with Crippen molar-refractivity contribution in [3.63, 3.8) is 0 Å². The van der Waals surface area contributed by atoms with Gasteiger partial charge < -0.3 is 28.8 Å². The molecule has 12 heteroatoms. The minimum atomic E-state index is -0.237. The van der Waals surface area contributed by atoms with Crippen molar-refractivity contribution in [2.45, 2.75) is 89.5 Å². The molecule has 2 aliphatic carbocycles. The van der Waals surface area contributed by atoms with Crippen LogP contribution in [0.2, 0.25) is 0 Å². The van der Waals surface area contributed by atoms with E-state index in [1.165, 1.54) is 34.8 Å². The zero-order valence-electron chi connectivity index (χ0n) is 31.2. The number of halogens is 1. The molecule has 0 spiro atoms. The highest BCUT2D eigenvalue weighted by Gasteiger charge is 2.52. The van der Waals surface area contributed by atoms with E-state index < -0.39 is 0 Å². The van der Waals surface area contributed by atoms with E-state index in [1.54, 1.807) is 6.20 Å². The molecule has 5 aliphatic rings. The van der Waals surface area contributed by atoms with Crippen molar-refractivity contribution in [3.05, 3.63) is 76.7 Å².